The number of phenolic OH excluding ortho intramolecular Hbond substituents is 12. The van der Waals surface area contributed by atoms with Gasteiger partial charge in [-0.3, -0.25) is 0 Å². The summed E-state index contributed by atoms with van der Waals surface area (Å²) in [5, 5.41) is 120. The molecule has 8 aromatic carbocycles. The largest absolute Gasteiger partial charge is 0.508 e. The van der Waals surface area contributed by atoms with E-state index in [1.165, 1.54) is 24.3 Å². The van der Waals surface area contributed by atoms with E-state index in [4.69, 9.17) is 0 Å². The van der Waals surface area contributed by atoms with Gasteiger partial charge in [-0.2, -0.15) is 0 Å². The number of hydrogen-bond acceptors (Lipinski definition) is 12. The molecule has 12 heteroatoms. The molecule has 0 aliphatic heterocycles. The summed E-state index contributed by atoms with van der Waals surface area (Å²) in [4.78, 5) is 0. The van der Waals surface area contributed by atoms with Crippen LogP contribution >= 0.6 is 0 Å². The zero-order valence-electron chi connectivity index (χ0n) is 39.5. The predicted molar refractivity (Wildman–Crippen MR) is 275 cm³/mol. The van der Waals surface area contributed by atoms with Gasteiger partial charge in [-0.15, -0.1) is 0 Å². The molecule has 0 saturated carbocycles. The molecule has 0 aliphatic rings. The summed E-state index contributed by atoms with van der Waals surface area (Å²) in [6.07, 6.45) is 5.05. The molecule has 8 rings (SSSR count). The lowest BCUT2D eigenvalue weighted by Crippen LogP contribution is -2.19. The quantitative estimate of drug-likeness (QED) is 0.0359. The number of phenols is 12. The molecule has 0 spiro atoms. The molecule has 0 saturated heterocycles. The van der Waals surface area contributed by atoms with Crippen molar-refractivity contribution in [2.75, 3.05) is 0 Å². The van der Waals surface area contributed by atoms with Crippen molar-refractivity contribution in [3.05, 3.63) is 214 Å². The van der Waals surface area contributed by atoms with Gasteiger partial charge in [-0.25, -0.2) is 0 Å². The summed E-state index contributed by atoms with van der Waals surface area (Å²) in [7, 11) is 0. The van der Waals surface area contributed by atoms with Crippen LogP contribution in [0, 0.1) is 11.8 Å². The van der Waals surface area contributed by atoms with E-state index < -0.39 is 0 Å². The van der Waals surface area contributed by atoms with Crippen LogP contribution in [0.2, 0.25) is 0 Å². The Kier molecular flexibility index (Phi) is 16.9. The highest BCUT2D eigenvalue weighted by molar-refractivity contribution is 5.46. The molecule has 0 heterocycles. The smallest absolute Gasteiger partial charge is 0.157 e. The number of aromatic hydroxyl groups is 12. The average Bonchev–Trinajstić information content (AvgIpc) is 3.34. The van der Waals surface area contributed by atoms with Crippen LogP contribution < -0.4 is 0 Å². The zero-order valence-corrected chi connectivity index (χ0v) is 39.5. The maximum atomic E-state index is 10.3. The van der Waals surface area contributed by atoms with E-state index in [-0.39, 0.29) is 92.7 Å². The van der Waals surface area contributed by atoms with E-state index >= 15 is 0 Å². The van der Waals surface area contributed by atoms with Crippen molar-refractivity contribution >= 4 is 0 Å². The first kappa shape index (κ1) is 51.2. The Morgan fingerprint density at radius 3 is 0.833 bits per heavy atom. The van der Waals surface area contributed by atoms with Crippen molar-refractivity contribution in [3.63, 3.8) is 0 Å². The molecular formula is C60H60O12. The highest BCUT2D eigenvalue weighted by Gasteiger charge is 2.27. The van der Waals surface area contributed by atoms with Crippen molar-refractivity contribution in [2.45, 2.75) is 63.2 Å². The topological polar surface area (TPSA) is 243 Å². The minimum Gasteiger partial charge on any atom is -0.508 e. The molecule has 0 aromatic heterocycles. The van der Waals surface area contributed by atoms with Crippen LogP contribution in [-0.2, 0) is 38.5 Å². The fourth-order valence-electron chi connectivity index (χ4n) is 9.55. The van der Waals surface area contributed by atoms with Crippen LogP contribution in [0.1, 0.15) is 69.2 Å². The Bertz CT molecular complexity index is 2870. The monoisotopic (exact) mass is 972 g/mol. The second kappa shape index (κ2) is 23.8. The van der Waals surface area contributed by atoms with Crippen molar-refractivity contribution in [2.24, 2.45) is 11.8 Å². The summed E-state index contributed by atoms with van der Waals surface area (Å²) in [6, 6.07) is 47.7. The first-order valence-electron chi connectivity index (χ1n) is 23.7. The van der Waals surface area contributed by atoms with E-state index in [9.17, 15) is 61.3 Å². The van der Waals surface area contributed by atoms with Gasteiger partial charge in [-0.1, -0.05) is 72.8 Å². The fourth-order valence-corrected chi connectivity index (χ4v) is 9.55. The molecule has 4 atom stereocenters. The number of rotatable bonds is 18. The third-order valence-electron chi connectivity index (χ3n) is 13.2. The van der Waals surface area contributed by atoms with Crippen molar-refractivity contribution in [1.29, 1.82) is 0 Å². The van der Waals surface area contributed by atoms with Gasteiger partial charge < -0.3 is 61.3 Å². The van der Waals surface area contributed by atoms with Crippen LogP contribution in [0.3, 0.4) is 0 Å². The second-order valence-corrected chi connectivity index (χ2v) is 18.4. The van der Waals surface area contributed by atoms with E-state index in [1.807, 2.05) is 24.3 Å². The van der Waals surface area contributed by atoms with Crippen LogP contribution in [0.25, 0.3) is 0 Å². The molecule has 12 nitrogen and oxygen atoms in total. The van der Waals surface area contributed by atoms with Gasteiger partial charge >= 0.3 is 0 Å². The minimum absolute atomic E-state index is 0.0223. The minimum atomic E-state index is -0.201. The molecule has 0 radical (unpaired) electrons. The van der Waals surface area contributed by atoms with Crippen LogP contribution in [-0.4, -0.2) is 61.3 Å². The molecule has 12 N–H and O–H groups in total. The van der Waals surface area contributed by atoms with E-state index in [2.05, 4.69) is 0 Å². The zero-order chi connectivity index (χ0) is 51.3. The molecule has 0 fully saturated rings. The second-order valence-electron chi connectivity index (χ2n) is 18.4. The predicted octanol–water partition coefficient (Wildman–Crippen LogP) is 11.5. The highest BCUT2D eigenvalue weighted by Crippen LogP contribution is 2.41. The van der Waals surface area contributed by atoms with Crippen molar-refractivity contribution in [3.8, 4) is 69.0 Å². The van der Waals surface area contributed by atoms with Gasteiger partial charge in [0.25, 0.3) is 0 Å². The standard InChI is InChI=1S/2C30H30O6/c2*31-24-5-1-3-20(14-24)13-22(9-7-19-8-11-27(33)29(35)17-19)26(16-21-4-2-6-25(32)15-21)23-10-12-28(34)30(36)18-23/h2*1-6,8,10-12,14-15,17-18,22,26,31-36H,7,9,13,16H2/t2*22-,26-/m10/s1. The van der Waals surface area contributed by atoms with Gasteiger partial charge in [0.15, 0.2) is 46.0 Å². The maximum absolute atomic E-state index is 10.3. The Morgan fingerprint density at radius 2 is 0.542 bits per heavy atom. The maximum Gasteiger partial charge on any atom is 0.157 e. The molecule has 0 unspecified atom stereocenters. The average molecular weight is 973 g/mol. The summed E-state index contributed by atoms with van der Waals surface area (Å²) in [6.45, 7) is 0. The summed E-state index contributed by atoms with van der Waals surface area (Å²) in [5.74, 6) is -0.933. The first-order valence-corrected chi connectivity index (χ1v) is 23.7. The fraction of sp³-hybridized carbons (Fsp3) is 0.200. The summed E-state index contributed by atoms with van der Waals surface area (Å²) in [5.41, 5.74) is 7.19. The lowest BCUT2D eigenvalue weighted by molar-refractivity contribution is 0.378. The lowest BCUT2D eigenvalue weighted by atomic mass is 9.76. The normalized spacial score (nSPS) is 12.8. The molecule has 0 amide bonds. The van der Waals surface area contributed by atoms with E-state index in [0.717, 1.165) is 44.5 Å². The van der Waals surface area contributed by atoms with Gasteiger partial charge in [-0.05, 0) is 217 Å². The Labute approximate surface area is 418 Å². The SMILES string of the molecule is Oc1cccc(C[C@@H](CCc2ccc(O)c(O)c2)[C@@H](Cc2cccc(O)c2)c2ccc(O)c(O)c2)c1.Oc1cccc(C[C@H](CCc2ccc(O)c(O)c2)[C@H](Cc2cccc(O)c2)c2ccc(O)c(O)c2)c1. The van der Waals surface area contributed by atoms with Gasteiger partial charge in [0, 0.05) is 0 Å². The number of benzene rings is 8. The lowest BCUT2D eigenvalue weighted by Gasteiger charge is -2.29. The third-order valence-corrected chi connectivity index (χ3v) is 13.2. The van der Waals surface area contributed by atoms with E-state index in [1.54, 1.807) is 121 Å². The van der Waals surface area contributed by atoms with Gasteiger partial charge in [0.05, 0.1) is 0 Å². The molecule has 8 aromatic rings. The third kappa shape index (κ3) is 14.2. The Balaban J connectivity index is 0.000000211. The molecule has 0 aliphatic carbocycles. The number of hydrogen-bond donors (Lipinski definition) is 12. The Hall–Kier alpha value is -8.64. The van der Waals surface area contributed by atoms with Crippen LogP contribution in [0.15, 0.2) is 170 Å². The highest BCUT2D eigenvalue weighted by atomic mass is 16.3. The Morgan fingerprint density at radius 1 is 0.250 bits per heavy atom. The summed E-state index contributed by atoms with van der Waals surface area (Å²) >= 11 is 0. The summed E-state index contributed by atoms with van der Waals surface area (Å²) < 4.78 is 0. The van der Waals surface area contributed by atoms with Crippen molar-refractivity contribution < 1.29 is 61.3 Å². The van der Waals surface area contributed by atoms with Crippen LogP contribution in [0.5, 0.6) is 69.0 Å². The molecule has 372 valence electrons. The molecule has 72 heavy (non-hydrogen) atoms. The van der Waals surface area contributed by atoms with Gasteiger partial charge in [0.2, 0.25) is 0 Å². The molecular weight excluding hydrogens is 913 g/mol. The molecule has 0 bridgehead atoms. The van der Waals surface area contributed by atoms with E-state index in [0.29, 0.717) is 51.4 Å². The van der Waals surface area contributed by atoms with Crippen molar-refractivity contribution in [1.82, 2.24) is 0 Å². The number of aryl methyl sites for hydroxylation is 2. The van der Waals surface area contributed by atoms with Crippen LogP contribution in [0.4, 0.5) is 0 Å². The van der Waals surface area contributed by atoms with Gasteiger partial charge in [0.1, 0.15) is 23.0 Å². The first-order chi connectivity index (χ1) is 34.6.